The summed E-state index contributed by atoms with van der Waals surface area (Å²) in [6.07, 6.45) is 2.34. The molecular weight excluding hydrogens is 394 g/mol. The van der Waals surface area contributed by atoms with Gasteiger partial charge in [0.05, 0.1) is 6.54 Å². The Morgan fingerprint density at radius 1 is 1.00 bits per heavy atom. The smallest absolute Gasteiger partial charge is 0.147 e. The van der Waals surface area contributed by atoms with Gasteiger partial charge in [-0.2, -0.15) is 0 Å². The fourth-order valence-electron chi connectivity index (χ4n) is 4.76. The highest BCUT2D eigenvalue weighted by Crippen LogP contribution is 2.29. The fraction of sp³-hybridized carbons (Fsp3) is 0.417. The molecule has 5 nitrogen and oxygen atoms in total. The van der Waals surface area contributed by atoms with Crippen LogP contribution in [0.25, 0.3) is 11.1 Å². The van der Waals surface area contributed by atoms with Crippen molar-refractivity contribution in [3.8, 4) is 11.1 Å². The second kappa shape index (κ2) is 9.29. The SMILES string of the molecule is Cc1ccccc1-c1cccc(CN2CCC(c3nnc4n3CCNC4)CC2)c1.Cl. The highest BCUT2D eigenvalue weighted by molar-refractivity contribution is 5.85. The first-order valence-corrected chi connectivity index (χ1v) is 10.8. The maximum atomic E-state index is 4.54. The van der Waals surface area contributed by atoms with Gasteiger partial charge < -0.3 is 9.88 Å². The van der Waals surface area contributed by atoms with Crippen molar-refractivity contribution in [3.63, 3.8) is 0 Å². The molecule has 0 spiro atoms. The van der Waals surface area contributed by atoms with Gasteiger partial charge in [-0.3, -0.25) is 4.90 Å². The molecule has 1 fully saturated rings. The lowest BCUT2D eigenvalue weighted by atomic mass is 9.95. The molecule has 0 aliphatic carbocycles. The zero-order valence-corrected chi connectivity index (χ0v) is 18.4. The van der Waals surface area contributed by atoms with Crippen molar-refractivity contribution in [2.45, 2.75) is 45.3 Å². The molecule has 2 aliphatic rings. The number of hydrogen-bond acceptors (Lipinski definition) is 4. The van der Waals surface area contributed by atoms with Crippen LogP contribution in [0.2, 0.25) is 0 Å². The minimum Gasteiger partial charge on any atom is -0.312 e. The van der Waals surface area contributed by atoms with E-state index in [1.807, 2.05) is 0 Å². The third-order valence-electron chi connectivity index (χ3n) is 6.39. The Morgan fingerprint density at radius 2 is 1.83 bits per heavy atom. The molecule has 3 heterocycles. The van der Waals surface area contributed by atoms with Gasteiger partial charge in [-0.15, -0.1) is 22.6 Å². The van der Waals surface area contributed by atoms with Crippen molar-refractivity contribution in [3.05, 3.63) is 71.3 Å². The summed E-state index contributed by atoms with van der Waals surface area (Å²) in [6.45, 7) is 8.33. The van der Waals surface area contributed by atoms with Gasteiger partial charge in [-0.05, 0) is 61.2 Å². The Hall–Kier alpha value is -2.21. The van der Waals surface area contributed by atoms with Crippen molar-refractivity contribution in [1.29, 1.82) is 0 Å². The van der Waals surface area contributed by atoms with Crippen molar-refractivity contribution in [1.82, 2.24) is 25.0 Å². The summed E-state index contributed by atoms with van der Waals surface area (Å²) in [4.78, 5) is 2.59. The number of halogens is 1. The monoisotopic (exact) mass is 423 g/mol. The van der Waals surface area contributed by atoms with Gasteiger partial charge >= 0.3 is 0 Å². The lowest BCUT2D eigenvalue weighted by Gasteiger charge is -2.32. The van der Waals surface area contributed by atoms with Gasteiger partial charge in [0.2, 0.25) is 0 Å². The average Bonchev–Trinajstić information content (AvgIpc) is 3.19. The number of piperidine rings is 1. The average molecular weight is 424 g/mol. The number of rotatable bonds is 4. The summed E-state index contributed by atoms with van der Waals surface area (Å²) in [5.74, 6) is 2.85. The number of nitrogens with zero attached hydrogens (tertiary/aromatic N) is 4. The molecule has 0 radical (unpaired) electrons. The predicted molar refractivity (Wildman–Crippen MR) is 123 cm³/mol. The Labute approximate surface area is 184 Å². The predicted octanol–water partition coefficient (Wildman–Crippen LogP) is 4.16. The van der Waals surface area contributed by atoms with Crippen LogP contribution >= 0.6 is 12.4 Å². The van der Waals surface area contributed by atoms with Crippen LogP contribution in [-0.2, 0) is 19.6 Å². The van der Waals surface area contributed by atoms with Crippen LogP contribution in [0.4, 0.5) is 0 Å². The summed E-state index contributed by atoms with van der Waals surface area (Å²) in [5, 5.41) is 12.3. The van der Waals surface area contributed by atoms with Crippen LogP contribution in [0.5, 0.6) is 0 Å². The first-order chi connectivity index (χ1) is 14.3. The highest BCUT2D eigenvalue weighted by atomic mass is 35.5. The van der Waals surface area contributed by atoms with Gasteiger partial charge in [-0.25, -0.2) is 0 Å². The molecule has 2 aromatic carbocycles. The van der Waals surface area contributed by atoms with Crippen molar-refractivity contribution in [2.24, 2.45) is 0 Å². The molecule has 5 rings (SSSR count). The maximum absolute atomic E-state index is 4.54. The number of likely N-dealkylation sites (tertiary alicyclic amines) is 1. The van der Waals surface area contributed by atoms with E-state index in [0.717, 1.165) is 45.1 Å². The quantitative estimate of drug-likeness (QED) is 0.684. The number of nitrogens with one attached hydrogen (secondary N) is 1. The van der Waals surface area contributed by atoms with E-state index in [4.69, 9.17) is 0 Å². The van der Waals surface area contributed by atoms with Crippen LogP contribution in [0.3, 0.4) is 0 Å². The van der Waals surface area contributed by atoms with E-state index >= 15 is 0 Å². The molecule has 1 saturated heterocycles. The third kappa shape index (κ3) is 4.29. The molecular formula is C24H30ClN5. The van der Waals surface area contributed by atoms with Gasteiger partial charge in [0.1, 0.15) is 11.6 Å². The van der Waals surface area contributed by atoms with Crippen LogP contribution in [0.15, 0.2) is 48.5 Å². The molecule has 6 heteroatoms. The molecule has 3 aromatic rings. The Kier molecular flexibility index (Phi) is 6.52. The molecule has 1 aromatic heterocycles. The number of fused-ring (bicyclic) bond motifs is 1. The van der Waals surface area contributed by atoms with E-state index in [1.54, 1.807) is 0 Å². The fourth-order valence-corrected chi connectivity index (χ4v) is 4.76. The minimum absolute atomic E-state index is 0. The van der Waals surface area contributed by atoms with E-state index in [9.17, 15) is 0 Å². The van der Waals surface area contributed by atoms with E-state index in [-0.39, 0.29) is 12.4 Å². The summed E-state index contributed by atoms with van der Waals surface area (Å²) >= 11 is 0. The van der Waals surface area contributed by atoms with Crippen LogP contribution < -0.4 is 5.32 Å². The Balaban J connectivity index is 0.00000218. The van der Waals surface area contributed by atoms with Crippen LogP contribution in [0.1, 0.15) is 41.5 Å². The van der Waals surface area contributed by atoms with E-state index in [0.29, 0.717) is 5.92 Å². The van der Waals surface area contributed by atoms with Crippen molar-refractivity contribution >= 4 is 12.4 Å². The molecule has 1 N–H and O–H groups in total. The first-order valence-electron chi connectivity index (χ1n) is 10.8. The number of benzene rings is 2. The van der Waals surface area contributed by atoms with Crippen molar-refractivity contribution < 1.29 is 0 Å². The normalized spacial score (nSPS) is 17.4. The molecule has 158 valence electrons. The maximum Gasteiger partial charge on any atom is 0.147 e. The largest absolute Gasteiger partial charge is 0.312 e. The molecule has 0 atom stereocenters. The zero-order chi connectivity index (χ0) is 19.6. The van der Waals surface area contributed by atoms with E-state index in [2.05, 4.69) is 80.4 Å². The molecule has 0 unspecified atom stereocenters. The molecule has 2 aliphatic heterocycles. The minimum atomic E-state index is 0. The van der Waals surface area contributed by atoms with Gasteiger partial charge in [-0.1, -0.05) is 42.5 Å². The van der Waals surface area contributed by atoms with E-state index < -0.39 is 0 Å². The number of hydrogen-bond donors (Lipinski definition) is 1. The lowest BCUT2D eigenvalue weighted by Crippen LogP contribution is -2.34. The molecule has 30 heavy (non-hydrogen) atoms. The second-order valence-corrected chi connectivity index (χ2v) is 8.37. The lowest BCUT2D eigenvalue weighted by molar-refractivity contribution is 0.199. The highest BCUT2D eigenvalue weighted by Gasteiger charge is 2.27. The van der Waals surface area contributed by atoms with Gasteiger partial charge in [0, 0.05) is 25.6 Å². The summed E-state index contributed by atoms with van der Waals surface area (Å²) < 4.78 is 2.35. The number of aromatic nitrogens is 3. The van der Waals surface area contributed by atoms with Gasteiger partial charge in [0.15, 0.2) is 0 Å². The topological polar surface area (TPSA) is 46.0 Å². The Morgan fingerprint density at radius 3 is 2.67 bits per heavy atom. The first kappa shape index (κ1) is 21.0. The summed E-state index contributed by atoms with van der Waals surface area (Å²) in [6, 6.07) is 17.7. The number of aryl methyl sites for hydroxylation is 1. The third-order valence-corrected chi connectivity index (χ3v) is 6.39. The van der Waals surface area contributed by atoms with Crippen LogP contribution in [0, 0.1) is 6.92 Å². The van der Waals surface area contributed by atoms with Crippen molar-refractivity contribution in [2.75, 3.05) is 19.6 Å². The summed E-state index contributed by atoms with van der Waals surface area (Å²) in [7, 11) is 0. The standard InChI is InChI=1S/C24H29N5.ClH/c1-18-5-2-3-8-22(18)21-7-4-6-19(15-21)17-28-12-9-20(10-13-28)24-27-26-23-16-25-11-14-29(23)24;/h2-8,15,20,25H,9-14,16-17H2,1H3;1H. The summed E-state index contributed by atoms with van der Waals surface area (Å²) in [5.41, 5.74) is 5.38. The van der Waals surface area contributed by atoms with Gasteiger partial charge in [0.25, 0.3) is 0 Å². The van der Waals surface area contributed by atoms with Crippen LogP contribution in [-0.4, -0.2) is 39.3 Å². The molecule has 0 amide bonds. The van der Waals surface area contributed by atoms with E-state index in [1.165, 1.54) is 40.9 Å². The molecule has 0 saturated carbocycles. The molecule has 0 bridgehead atoms. The second-order valence-electron chi connectivity index (χ2n) is 8.37. The zero-order valence-electron chi connectivity index (χ0n) is 17.6. The Bertz CT molecular complexity index is 991.